The Bertz CT molecular complexity index is 482. The molecule has 1 nitrogen and oxygen atoms in total. The van der Waals surface area contributed by atoms with Gasteiger partial charge < -0.3 is 5.32 Å². The van der Waals surface area contributed by atoms with Gasteiger partial charge in [0.05, 0.1) is 0 Å². The summed E-state index contributed by atoms with van der Waals surface area (Å²) in [5.74, 6) is 0.261. The van der Waals surface area contributed by atoms with Crippen LogP contribution >= 0.6 is 0 Å². The summed E-state index contributed by atoms with van der Waals surface area (Å²) < 4.78 is 0. The third-order valence-electron chi connectivity index (χ3n) is 3.17. The second-order valence-electron chi connectivity index (χ2n) is 4.95. The highest BCUT2D eigenvalue weighted by atomic mass is 14.9. The summed E-state index contributed by atoms with van der Waals surface area (Å²) in [7, 11) is 0. The summed E-state index contributed by atoms with van der Waals surface area (Å²) in [6, 6.07) is 10.0. The summed E-state index contributed by atoms with van der Waals surface area (Å²) >= 11 is 0. The second-order valence-corrected chi connectivity index (χ2v) is 4.95. The molecule has 0 aliphatic heterocycles. The summed E-state index contributed by atoms with van der Waals surface area (Å²) in [5, 5.41) is 3.35. The summed E-state index contributed by atoms with van der Waals surface area (Å²) in [6.45, 7) is 20.2. The van der Waals surface area contributed by atoms with E-state index in [0.717, 1.165) is 22.5 Å². The lowest BCUT2D eigenvalue weighted by Gasteiger charge is -2.28. The quantitative estimate of drug-likeness (QED) is 0.660. The highest BCUT2D eigenvalue weighted by Crippen LogP contribution is 2.32. The fourth-order valence-corrected chi connectivity index (χ4v) is 2.23. The maximum Gasteiger partial charge on any atom is 0.0381 e. The predicted octanol–water partition coefficient (Wildman–Crippen LogP) is 5.18. The predicted molar refractivity (Wildman–Crippen MR) is 86.0 cm³/mol. The third-order valence-corrected chi connectivity index (χ3v) is 3.17. The molecule has 0 aliphatic carbocycles. The number of para-hydroxylation sites is 1. The normalized spacial score (nSPS) is 13.2. The molecule has 2 atom stereocenters. The Morgan fingerprint density at radius 2 is 1.63 bits per heavy atom. The van der Waals surface area contributed by atoms with Crippen LogP contribution in [0.25, 0.3) is 0 Å². The van der Waals surface area contributed by atoms with Crippen molar-refractivity contribution in [2.24, 2.45) is 11.8 Å². The molecule has 1 aromatic carbocycles. The summed E-state index contributed by atoms with van der Waals surface area (Å²) in [4.78, 5) is 0. The number of anilines is 1. The minimum atomic E-state index is 0.107. The molecule has 0 amide bonds. The number of allylic oxidation sites excluding steroid dienone is 3. The van der Waals surface area contributed by atoms with Crippen LogP contribution in [0, 0.1) is 11.8 Å². The molecule has 0 fully saturated rings. The Morgan fingerprint density at radius 3 is 2.05 bits per heavy atom. The van der Waals surface area contributed by atoms with Gasteiger partial charge in [0, 0.05) is 23.2 Å². The van der Waals surface area contributed by atoms with E-state index in [1.165, 1.54) is 0 Å². The fraction of sp³-hybridized carbons (Fsp3) is 0.222. The number of benzene rings is 1. The maximum atomic E-state index is 4.16. The zero-order valence-electron chi connectivity index (χ0n) is 11.9. The van der Waals surface area contributed by atoms with E-state index in [-0.39, 0.29) is 11.8 Å². The number of nitrogens with one attached hydrogen (secondary N) is 1. The molecule has 0 saturated heterocycles. The lowest BCUT2D eigenvalue weighted by molar-refractivity contribution is 0.585. The highest BCUT2D eigenvalue weighted by Gasteiger charge is 2.23. The maximum absolute atomic E-state index is 4.16. The average Bonchev–Trinajstić information content (AvgIpc) is 2.35. The first-order valence-electron chi connectivity index (χ1n) is 6.41. The summed E-state index contributed by atoms with van der Waals surface area (Å²) in [5.41, 5.74) is 4.08. The number of rotatable bonds is 7. The van der Waals surface area contributed by atoms with Crippen molar-refractivity contribution in [2.75, 3.05) is 5.32 Å². The van der Waals surface area contributed by atoms with Crippen LogP contribution in [-0.2, 0) is 0 Å². The van der Waals surface area contributed by atoms with E-state index >= 15 is 0 Å². The van der Waals surface area contributed by atoms with Gasteiger partial charge in [-0.15, -0.1) is 6.58 Å². The molecule has 100 valence electrons. The molecule has 19 heavy (non-hydrogen) atoms. The molecular weight excluding hydrogens is 230 g/mol. The minimum absolute atomic E-state index is 0.107. The molecule has 1 rings (SSSR count). The van der Waals surface area contributed by atoms with E-state index in [0.29, 0.717) is 0 Å². The van der Waals surface area contributed by atoms with Crippen LogP contribution in [0.4, 0.5) is 5.69 Å². The minimum Gasteiger partial charge on any atom is -0.359 e. The molecule has 1 heteroatoms. The SMILES string of the molecule is C=CC(C(=C)C)C(C(=C)C)C(=C)Nc1ccccc1. The van der Waals surface area contributed by atoms with Crippen molar-refractivity contribution < 1.29 is 0 Å². The molecule has 2 unspecified atom stereocenters. The van der Waals surface area contributed by atoms with Crippen molar-refractivity contribution in [1.82, 2.24) is 0 Å². The van der Waals surface area contributed by atoms with Crippen molar-refractivity contribution in [1.29, 1.82) is 0 Å². The van der Waals surface area contributed by atoms with Gasteiger partial charge in [0.1, 0.15) is 0 Å². The van der Waals surface area contributed by atoms with Crippen LogP contribution in [-0.4, -0.2) is 0 Å². The molecule has 0 saturated carbocycles. The van der Waals surface area contributed by atoms with E-state index in [1.54, 1.807) is 0 Å². The van der Waals surface area contributed by atoms with Crippen LogP contribution in [0.3, 0.4) is 0 Å². The van der Waals surface area contributed by atoms with Crippen LogP contribution in [0.5, 0.6) is 0 Å². The van der Waals surface area contributed by atoms with Crippen LogP contribution in [0.15, 0.2) is 79.6 Å². The van der Waals surface area contributed by atoms with Crippen molar-refractivity contribution in [3.05, 3.63) is 79.6 Å². The molecular formula is C18H23N. The third kappa shape index (κ3) is 3.99. The first-order chi connectivity index (χ1) is 8.97. The van der Waals surface area contributed by atoms with Crippen LogP contribution < -0.4 is 5.32 Å². The van der Waals surface area contributed by atoms with E-state index < -0.39 is 0 Å². The van der Waals surface area contributed by atoms with Gasteiger partial charge in [-0.25, -0.2) is 0 Å². The molecule has 0 heterocycles. The number of hydrogen-bond acceptors (Lipinski definition) is 1. The van der Waals surface area contributed by atoms with Crippen molar-refractivity contribution in [3.8, 4) is 0 Å². The zero-order chi connectivity index (χ0) is 14.4. The van der Waals surface area contributed by atoms with Gasteiger partial charge in [0.15, 0.2) is 0 Å². The van der Waals surface area contributed by atoms with Crippen molar-refractivity contribution >= 4 is 5.69 Å². The Labute approximate surface area is 117 Å². The van der Waals surface area contributed by atoms with Gasteiger partial charge in [-0.05, 0) is 26.0 Å². The Hall–Kier alpha value is -2.02. The fourth-order valence-electron chi connectivity index (χ4n) is 2.23. The molecule has 1 N–H and O–H groups in total. The van der Waals surface area contributed by atoms with Crippen LogP contribution in [0.1, 0.15) is 13.8 Å². The van der Waals surface area contributed by atoms with E-state index in [2.05, 4.69) is 31.6 Å². The summed E-state index contributed by atoms with van der Waals surface area (Å²) in [6.07, 6.45) is 1.92. The molecule has 0 radical (unpaired) electrons. The Balaban J connectivity index is 2.94. The van der Waals surface area contributed by atoms with Crippen LogP contribution in [0.2, 0.25) is 0 Å². The van der Waals surface area contributed by atoms with Crippen molar-refractivity contribution in [2.45, 2.75) is 13.8 Å². The average molecular weight is 253 g/mol. The van der Waals surface area contributed by atoms with Gasteiger partial charge in [-0.1, -0.05) is 55.2 Å². The standard InChI is InChI=1S/C18H23N/c1-7-17(13(2)3)18(14(4)5)15(6)19-16-11-9-8-10-12-16/h7-12,17-19H,1-2,4,6H2,3,5H3. The number of hydrogen-bond donors (Lipinski definition) is 1. The molecule has 1 aromatic rings. The van der Waals surface area contributed by atoms with Crippen molar-refractivity contribution in [3.63, 3.8) is 0 Å². The van der Waals surface area contributed by atoms with E-state index in [1.807, 2.05) is 50.3 Å². The molecule has 0 aromatic heterocycles. The highest BCUT2D eigenvalue weighted by molar-refractivity contribution is 5.49. The molecule has 0 aliphatic rings. The van der Waals surface area contributed by atoms with Gasteiger partial charge in [0.25, 0.3) is 0 Å². The Kier molecular flexibility index (Phi) is 5.37. The van der Waals surface area contributed by atoms with Gasteiger partial charge in [-0.3, -0.25) is 0 Å². The lowest BCUT2D eigenvalue weighted by atomic mass is 9.81. The Morgan fingerprint density at radius 1 is 1.05 bits per heavy atom. The molecule has 0 spiro atoms. The van der Waals surface area contributed by atoms with Gasteiger partial charge in [0.2, 0.25) is 0 Å². The van der Waals surface area contributed by atoms with Gasteiger partial charge >= 0.3 is 0 Å². The first-order valence-corrected chi connectivity index (χ1v) is 6.41. The molecule has 0 bridgehead atoms. The van der Waals surface area contributed by atoms with Gasteiger partial charge in [-0.2, -0.15) is 0 Å². The topological polar surface area (TPSA) is 12.0 Å². The first kappa shape index (κ1) is 15.0. The van der Waals surface area contributed by atoms with E-state index in [9.17, 15) is 0 Å². The van der Waals surface area contributed by atoms with E-state index in [4.69, 9.17) is 0 Å². The largest absolute Gasteiger partial charge is 0.359 e. The lowest BCUT2D eigenvalue weighted by Crippen LogP contribution is -2.20. The smallest absolute Gasteiger partial charge is 0.0381 e. The second kappa shape index (κ2) is 6.79. The zero-order valence-corrected chi connectivity index (χ0v) is 11.9. The monoisotopic (exact) mass is 253 g/mol.